The molecule has 1 aromatic heterocycles. The van der Waals surface area contributed by atoms with Crippen LogP contribution in [0.5, 0.6) is 0 Å². The van der Waals surface area contributed by atoms with Crippen molar-refractivity contribution in [3.63, 3.8) is 0 Å². The van der Waals surface area contributed by atoms with Crippen LogP contribution in [0, 0.1) is 0 Å². The smallest absolute Gasteiger partial charge is 0.248 e. The molecule has 182 valence electrons. The molecule has 0 saturated heterocycles. The number of nitrogens with one attached hydrogen (secondary N) is 3. The highest BCUT2D eigenvalue weighted by Crippen LogP contribution is 2.21. The van der Waals surface area contributed by atoms with Crippen molar-refractivity contribution in [3.8, 4) is 0 Å². The van der Waals surface area contributed by atoms with Crippen molar-refractivity contribution < 1.29 is 9.59 Å². The number of nitrogen functional groups attached to an aromatic ring is 1. The summed E-state index contributed by atoms with van der Waals surface area (Å²) in [6, 6.07) is 18.8. The predicted octanol–water partition coefficient (Wildman–Crippen LogP) is 5.26. The van der Waals surface area contributed by atoms with E-state index in [0.29, 0.717) is 17.9 Å². The molecule has 2 aromatic carbocycles. The van der Waals surface area contributed by atoms with Gasteiger partial charge in [0.2, 0.25) is 11.8 Å². The van der Waals surface area contributed by atoms with Gasteiger partial charge in [-0.05, 0) is 53.6 Å². The zero-order valence-corrected chi connectivity index (χ0v) is 20.5. The number of hydrogen-bond donors (Lipinski definition) is 4. The average Bonchev–Trinajstić information content (AvgIpc) is 3.39. The van der Waals surface area contributed by atoms with Crippen LogP contribution in [0.4, 0.5) is 11.4 Å². The van der Waals surface area contributed by atoms with E-state index in [1.165, 1.54) is 30.2 Å². The Morgan fingerprint density at radius 1 is 1.00 bits per heavy atom. The molecule has 1 heterocycles. The number of anilines is 2. The van der Waals surface area contributed by atoms with Gasteiger partial charge in [-0.2, -0.15) is 0 Å². The van der Waals surface area contributed by atoms with E-state index < -0.39 is 6.04 Å². The molecule has 1 atom stereocenters. The molecule has 1 aliphatic rings. The lowest BCUT2D eigenvalue weighted by molar-refractivity contribution is -0.124. The first-order valence-electron chi connectivity index (χ1n) is 12.1. The van der Waals surface area contributed by atoms with Crippen LogP contribution < -0.4 is 21.7 Å². The normalized spacial score (nSPS) is 15.1. The number of amides is 2. The molecule has 1 unspecified atom stereocenters. The molecule has 5 N–H and O–H groups in total. The highest BCUT2D eigenvalue weighted by atomic mass is 32.1. The fourth-order valence-electron chi connectivity index (χ4n) is 4.27. The first-order chi connectivity index (χ1) is 17.1. The maximum Gasteiger partial charge on any atom is 0.248 e. The molecule has 6 nitrogen and oxygen atoms in total. The summed E-state index contributed by atoms with van der Waals surface area (Å²) in [5, 5.41) is 11.5. The monoisotopic (exact) mass is 488 g/mol. The van der Waals surface area contributed by atoms with Crippen molar-refractivity contribution >= 4 is 40.6 Å². The van der Waals surface area contributed by atoms with Gasteiger partial charge in [0.25, 0.3) is 0 Å². The number of carbonyl (C=O) groups is 2. The molecular formula is C28H32N4O2S. The Morgan fingerprint density at radius 3 is 2.49 bits per heavy atom. The van der Waals surface area contributed by atoms with Crippen molar-refractivity contribution in [2.24, 2.45) is 0 Å². The Labute approximate surface area is 210 Å². The number of carbonyl (C=O) groups excluding carboxylic acids is 2. The van der Waals surface area contributed by atoms with Gasteiger partial charge in [0, 0.05) is 23.5 Å². The summed E-state index contributed by atoms with van der Waals surface area (Å²) in [6.45, 7) is 0.630. The summed E-state index contributed by atoms with van der Waals surface area (Å²) in [5.74, 6) is -0.245. The Hall–Kier alpha value is -3.42. The molecule has 0 spiro atoms. The Kier molecular flexibility index (Phi) is 8.70. The van der Waals surface area contributed by atoms with E-state index in [1.54, 1.807) is 29.5 Å². The minimum absolute atomic E-state index is 0.0107. The van der Waals surface area contributed by atoms with Crippen molar-refractivity contribution in [2.45, 2.75) is 50.7 Å². The van der Waals surface area contributed by atoms with Gasteiger partial charge in [0.05, 0.1) is 11.4 Å². The molecule has 35 heavy (non-hydrogen) atoms. The number of rotatable bonds is 9. The molecule has 3 aromatic rings. The van der Waals surface area contributed by atoms with E-state index in [9.17, 15) is 9.59 Å². The Bertz CT molecular complexity index is 1140. The highest BCUT2D eigenvalue weighted by Gasteiger charge is 2.24. The van der Waals surface area contributed by atoms with Crippen LogP contribution in [-0.2, 0) is 16.1 Å². The standard InChI is InChI=1S/C28H32N4O2S/c29-24-10-4-5-11-25(24)32-26(33)17-14-20-12-15-21(16-13-20)27(30-19-23-9-6-18-35-23)28(34)31-22-7-2-1-3-8-22/h4-6,9-18,22,27,30H,1-3,7-8,19,29H2,(H,31,34)(H,32,33)/b17-14+. The number of benzene rings is 2. The SMILES string of the molecule is Nc1ccccc1NC(=O)/C=C/c1ccc(C(NCc2cccs2)C(=O)NC2CCCCC2)cc1. The van der Waals surface area contributed by atoms with E-state index in [4.69, 9.17) is 5.73 Å². The average molecular weight is 489 g/mol. The second-order valence-corrected chi connectivity index (χ2v) is 9.85. The van der Waals surface area contributed by atoms with Gasteiger partial charge in [-0.3, -0.25) is 14.9 Å². The molecule has 7 heteroatoms. The van der Waals surface area contributed by atoms with Gasteiger partial charge < -0.3 is 16.4 Å². The van der Waals surface area contributed by atoms with Gasteiger partial charge in [-0.15, -0.1) is 11.3 Å². The number of thiophene rings is 1. The van der Waals surface area contributed by atoms with Crippen LogP contribution >= 0.6 is 11.3 Å². The second kappa shape index (κ2) is 12.3. The molecule has 0 radical (unpaired) electrons. The van der Waals surface area contributed by atoms with Crippen molar-refractivity contribution in [2.75, 3.05) is 11.1 Å². The molecule has 2 amide bonds. The maximum absolute atomic E-state index is 13.2. The topological polar surface area (TPSA) is 96.2 Å². The van der Waals surface area contributed by atoms with Crippen molar-refractivity contribution in [3.05, 3.63) is 88.1 Å². The third-order valence-corrected chi connectivity index (χ3v) is 7.07. The van der Waals surface area contributed by atoms with Crippen LogP contribution in [0.3, 0.4) is 0 Å². The lowest BCUT2D eigenvalue weighted by Gasteiger charge is -2.26. The van der Waals surface area contributed by atoms with Gasteiger partial charge in [-0.1, -0.05) is 61.7 Å². The van der Waals surface area contributed by atoms with Crippen LogP contribution in [0.1, 0.15) is 54.1 Å². The van der Waals surface area contributed by atoms with Crippen LogP contribution in [0.15, 0.2) is 72.1 Å². The fourth-order valence-corrected chi connectivity index (χ4v) is 4.92. The third kappa shape index (κ3) is 7.28. The lowest BCUT2D eigenvalue weighted by Crippen LogP contribution is -2.43. The number of hydrogen-bond acceptors (Lipinski definition) is 5. The highest BCUT2D eigenvalue weighted by molar-refractivity contribution is 7.09. The van der Waals surface area contributed by atoms with E-state index in [1.807, 2.05) is 47.8 Å². The second-order valence-electron chi connectivity index (χ2n) is 8.81. The first kappa shape index (κ1) is 24.7. The summed E-state index contributed by atoms with van der Waals surface area (Å²) >= 11 is 1.67. The molecule has 4 rings (SSSR count). The summed E-state index contributed by atoms with van der Waals surface area (Å²) in [6.07, 6.45) is 8.90. The largest absolute Gasteiger partial charge is 0.397 e. The Balaban J connectivity index is 1.41. The zero-order valence-electron chi connectivity index (χ0n) is 19.7. The zero-order chi connectivity index (χ0) is 24.5. The summed E-state index contributed by atoms with van der Waals surface area (Å²) in [7, 11) is 0. The molecule has 0 aliphatic heterocycles. The Morgan fingerprint density at radius 2 is 1.77 bits per heavy atom. The first-order valence-corrected chi connectivity index (χ1v) is 13.0. The van der Waals surface area contributed by atoms with Crippen LogP contribution in [0.25, 0.3) is 6.08 Å². The molecule has 0 bridgehead atoms. The van der Waals surface area contributed by atoms with Gasteiger partial charge in [0.1, 0.15) is 6.04 Å². The molecular weight excluding hydrogens is 456 g/mol. The van der Waals surface area contributed by atoms with E-state index >= 15 is 0 Å². The van der Waals surface area contributed by atoms with E-state index in [-0.39, 0.29) is 17.9 Å². The number of para-hydroxylation sites is 2. The van der Waals surface area contributed by atoms with Crippen LogP contribution in [0.2, 0.25) is 0 Å². The minimum Gasteiger partial charge on any atom is -0.397 e. The predicted molar refractivity (Wildman–Crippen MR) is 144 cm³/mol. The van der Waals surface area contributed by atoms with E-state index in [2.05, 4.69) is 22.0 Å². The summed E-state index contributed by atoms with van der Waals surface area (Å²) in [5.41, 5.74) is 8.75. The van der Waals surface area contributed by atoms with Gasteiger partial charge in [-0.25, -0.2) is 0 Å². The van der Waals surface area contributed by atoms with Crippen LogP contribution in [-0.4, -0.2) is 17.9 Å². The minimum atomic E-state index is -0.443. The third-order valence-electron chi connectivity index (χ3n) is 6.19. The van der Waals surface area contributed by atoms with Gasteiger partial charge >= 0.3 is 0 Å². The van der Waals surface area contributed by atoms with Crippen molar-refractivity contribution in [1.82, 2.24) is 10.6 Å². The fraction of sp³-hybridized carbons (Fsp3) is 0.286. The summed E-state index contributed by atoms with van der Waals surface area (Å²) in [4.78, 5) is 26.7. The molecule has 1 fully saturated rings. The number of nitrogens with two attached hydrogens (primary N) is 1. The maximum atomic E-state index is 13.2. The quantitative estimate of drug-likeness (QED) is 0.244. The van der Waals surface area contributed by atoms with Gasteiger partial charge in [0.15, 0.2) is 0 Å². The summed E-state index contributed by atoms with van der Waals surface area (Å²) < 4.78 is 0. The van der Waals surface area contributed by atoms with Crippen molar-refractivity contribution in [1.29, 1.82) is 0 Å². The lowest BCUT2D eigenvalue weighted by atomic mass is 9.95. The van der Waals surface area contributed by atoms with E-state index in [0.717, 1.165) is 24.0 Å². The molecule has 1 aliphatic carbocycles. The molecule has 1 saturated carbocycles.